The summed E-state index contributed by atoms with van der Waals surface area (Å²) in [6.45, 7) is 0.0562. The standard InChI is InChI=1S/C27H33N5O5/c33-16-4-13-27(37)12-3-5-19-20(11-14-27)26(32-31-25(19)21-6-1-2-15-28-21)22-8-7-18(17-29-22)30-23(34)9-10-24(35)36/h1-2,6-8,15,17,19-20,33,37H,3-5,9-14,16H2,(H,30,34)(H,35,36)/t19?,20?,27-/m1/s1. The van der Waals surface area contributed by atoms with Crippen LogP contribution in [0.5, 0.6) is 0 Å². The monoisotopic (exact) mass is 507 g/mol. The Morgan fingerprint density at radius 2 is 1.73 bits per heavy atom. The number of hydrogen-bond donors (Lipinski definition) is 4. The van der Waals surface area contributed by atoms with Crippen molar-refractivity contribution in [3.63, 3.8) is 0 Å². The third-order valence-corrected chi connectivity index (χ3v) is 7.13. The first-order chi connectivity index (χ1) is 17.9. The van der Waals surface area contributed by atoms with Crippen LogP contribution in [0.1, 0.15) is 69.2 Å². The Morgan fingerprint density at radius 3 is 2.38 bits per heavy atom. The quantitative estimate of drug-likeness (QED) is 0.406. The molecule has 1 saturated carbocycles. The number of carboxylic acids is 1. The molecule has 0 saturated heterocycles. The Balaban J connectivity index is 1.59. The molecule has 0 radical (unpaired) electrons. The van der Waals surface area contributed by atoms with Crippen molar-refractivity contribution < 1.29 is 24.9 Å². The Morgan fingerprint density at radius 1 is 0.973 bits per heavy atom. The van der Waals surface area contributed by atoms with Crippen LogP contribution >= 0.6 is 0 Å². The number of nitrogens with zero attached hydrogens (tertiary/aromatic N) is 4. The van der Waals surface area contributed by atoms with E-state index in [1.165, 1.54) is 6.20 Å². The Kier molecular flexibility index (Phi) is 8.73. The molecule has 0 aromatic carbocycles. The average Bonchev–Trinajstić information content (AvgIpc) is 2.89. The molecule has 2 aromatic heterocycles. The lowest BCUT2D eigenvalue weighted by Crippen LogP contribution is -2.40. The van der Waals surface area contributed by atoms with Crippen molar-refractivity contribution in [2.75, 3.05) is 11.9 Å². The van der Waals surface area contributed by atoms with Gasteiger partial charge in [-0.2, -0.15) is 10.2 Å². The number of aliphatic hydroxyl groups is 2. The Labute approximate surface area is 215 Å². The van der Waals surface area contributed by atoms with Crippen LogP contribution < -0.4 is 5.32 Å². The molecule has 196 valence electrons. The number of anilines is 1. The number of nitrogens with one attached hydrogen (secondary N) is 1. The largest absolute Gasteiger partial charge is 0.481 e. The number of amides is 1. The van der Waals surface area contributed by atoms with E-state index in [1.807, 2.05) is 18.2 Å². The summed E-state index contributed by atoms with van der Waals surface area (Å²) in [5.74, 6) is -1.37. The number of carbonyl (C=O) groups is 2. The van der Waals surface area contributed by atoms with Gasteiger partial charge < -0.3 is 20.6 Å². The third-order valence-electron chi connectivity index (χ3n) is 7.13. The number of fused-ring (bicyclic) bond motifs is 1. The molecular formula is C27H33N5O5. The molecule has 0 bridgehead atoms. The van der Waals surface area contributed by atoms with Crippen molar-refractivity contribution in [1.82, 2.24) is 9.97 Å². The summed E-state index contributed by atoms with van der Waals surface area (Å²) < 4.78 is 0. The van der Waals surface area contributed by atoms with Crippen LogP contribution in [0.3, 0.4) is 0 Å². The minimum absolute atomic E-state index is 0.0287. The molecule has 2 unspecified atom stereocenters. The van der Waals surface area contributed by atoms with E-state index >= 15 is 0 Å². The number of hydrogen-bond acceptors (Lipinski definition) is 8. The molecule has 0 spiro atoms. The van der Waals surface area contributed by atoms with Gasteiger partial charge in [-0.1, -0.05) is 6.07 Å². The second-order valence-electron chi connectivity index (χ2n) is 9.75. The first-order valence-corrected chi connectivity index (χ1v) is 12.8. The topological polar surface area (TPSA) is 157 Å². The summed E-state index contributed by atoms with van der Waals surface area (Å²) in [7, 11) is 0. The summed E-state index contributed by atoms with van der Waals surface area (Å²) in [5.41, 5.74) is 2.67. The first-order valence-electron chi connectivity index (χ1n) is 12.8. The van der Waals surface area contributed by atoms with Gasteiger partial charge in [0.2, 0.25) is 5.91 Å². The van der Waals surface area contributed by atoms with E-state index in [4.69, 9.17) is 5.11 Å². The van der Waals surface area contributed by atoms with Gasteiger partial charge in [-0.25, -0.2) is 0 Å². The molecule has 10 nitrogen and oxygen atoms in total. The van der Waals surface area contributed by atoms with E-state index in [2.05, 4.69) is 25.5 Å². The van der Waals surface area contributed by atoms with Crippen LogP contribution in [0.2, 0.25) is 0 Å². The first kappa shape index (κ1) is 26.6. The molecule has 37 heavy (non-hydrogen) atoms. The third kappa shape index (κ3) is 6.84. The molecule has 1 fully saturated rings. The fourth-order valence-electron chi connectivity index (χ4n) is 5.23. The van der Waals surface area contributed by atoms with Crippen molar-refractivity contribution in [2.24, 2.45) is 22.0 Å². The van der Waals surface area contributed by atoms with Crippen LogP contribution in [0.25, 0.3) is 0 Å². The number of aromatic nitrogens is 2. The zero-order valence-corrected chi connectivity index (χ0v) is 20.7. The molecule has 1 aliphatic carbocycles. The highest BCUT2D eigenvalue weighted by Gasteiger charge is 2.40. The molecule has 3 heterocycles. The summed E-state index contributed by atoms with van der Waals surface area (Å²) in [6.07, 6.45) is 7.62. The molecule has 4 rings (SSSR count). The number of pyridine rings is 2. The predicted molar refractivity (Wildman–Crippen MR) is 138 cm³/mol. The van der Waals surface area contributed by atoms with Gasteiger partial charge in [-0.05, 0) is 69.2 Å². The van der Waals surface area contributed by atoms with E-state index in [0.29, 0.717) is 43.5 Å². The van der Waals surface area contributed by atoms with Crippen LogP contribution in [0.15, 0.2) is 52.9 Å². The number of aliphatic hydroxyl groups excluding tert-OH is 1. The summed E-state index contributed by atoms with van der Waals surface area (Å²) in [5, 5.41) is 41.2. The molecule has 1 amide bonds. The smallest absolute Gasteiger partial charge is 0.303 e. The number of aliphatic carboxylic acids is 1. The fraction of sp³-hybridized carbons (Fsp3) is 0.481. The van der Waals surface area contributed by atoms with E-state index in [-0.39, 0.29) is 37.2 Å². The highest BCUT2D eigenvalue weighted by Crippen LogP contribution is 2.40. The van der Waals surface area contributed by atoms with Crippen molar-refractivity contribution in [2.45, 2.75) is 63.4 Å². The Bertz CT molecular complexity index is 1150. The van der Waals surface area contributed by atoms with E-state index in [0.717, 1.165) is 30.0 Å². The van der Waals surface area contributed by atoms with Gasteiger partial charge in [0.15, 0.2) is 0 Å². The maximum absolute atomic E-state index is 12.0. The lowest BCUT2D eigenvalue weighted by Gasteiger charge is -2.38. The lowest BCUT2D eigenvalue weighted by molar-refractivity contribution is -0.138. The van der Waals surface area contributed by atoms with Gasteiger partial charge in [-0.3, -0.25) is 19.6 Å². The zero-order valence-electron chi connectivity index (χ0n) is 20.7. The van der Waals surface area contributed by atoms with Crippen LogP contribution in [-0.2, 0) is 9.59 Å². The summed E-state index contributed by atoms with van der Waals surface area (Å²) >= 11 is 0. The van der Waals surface area contributed by atoms with Gasteiger partial charge in [0.05, 0.1) is 46.7 Å². The van der Waals surface area contributed by atoms with Gasteiger partial charge in [0.25, 0.3) is 0 Å². The second-order valence-corrected chi connectivity index (χ2v) is 9.75. The average molecular weight is 508 g/mol. The lowest BCUT2D eigenvalue weighted by atomic mass is 9.70. The number of carbonyl (C=O) groups excluding carboxylic acids is 1. The number of carboxylic acid groups (broad SMARTS) is 1. The Hall–Kier alpha value is -3.50. The molecule has 1 aliphatic heterocycles. The van der Waals surface area contributed by atoms with Gasteiger partial charge >= 0.3 is 5.97 Å². The van der Waals surface area contributed by atoms with Gasteiger partial charge in [0, 0.05) is 31.1 Å². The normalized spacial score (nSPS) is 23.6. The molecule has 4 N–H and O–H groups in total. The zero-order chi connectivity index (χ0) is 26.3. The molecule has 3 atom stereocenters. The second kappa shape index (κ2) is 12.2. The molecule has 2 aromatic rings. The van der Waals surface area contributed by atoms with E-state index in [9.17, 15) is 19.8 Å². The van der Waals surface area contributed by atoms with Gasteiger partial charge in [0.1, 0.15) is 0 Å². The summed E-state index contributed by atoms with van der Waals surface area (Å²) in [6, 6.07) is 9.23. The van der Waals surface area contributed by atoms with Crippen molar-refractivity contribution >= 4 is 29.0 Å². The highest BCUT2D eigenvalue weighted by atomic mass is 16.4. The predicted octanol–water partition coefficient (Wildman–Crippen LogP) is 3.19. The summed E-state index contributed by atoms with van der Waals surface area (Å²) in [4.78, 5) is 31.7. The van der Waals surface area contributed by atoms with Crippen molar-refractivity contribution in [3.8, 4) is 0 Å². The van der Waals surface area contributed by atoms with E-state index < -0.39 is 11.6 Å². The fourth-order valence-corrected chi connectivity index (χ4v) is 5.23. The minimum atomic E-state index is -1.03. The maximum Gasteiger partial charge on any atom is 0.303 e. The van der Waals surface area contributed by atoms with Crippen molar-refractivity contribution in [3.05, 3.63) is 54.1 Å². The molecular weight excluding hydrogens is 474 g/mol. The minimum Gasteiger partial charge on any atom is -0.481 e. The number of rotatable bonds is 9. The molecule has 2 aliphatic rings. The highest BCUT2D eigenvalue weighted by molar-refractivity contribution is 6.10. The maximum atomic E-state index is 12.0. The van der Waals surface area contributed by atoms with Crippen LogP contribution in [-0.4, -0.2) is 60.8 Å². The van der Waals surface area contributed by atoms with E-state index in [1.54, 1.807) is 18.3 Å². The van der Waals surface area contributed by atoms with Gasteiger partial charge in [-0.15, -0.1) is 0 Å². The SMILES string of the molecule is O=C(O)CCC(=O)Nc1ccc(C2=NN=C(c3ccccn3)C3CCC[C@@](O)(CCCO)CCC23)nc1. The van der Waals surface area contributed by atoms with Crippen molar-refractivity contribution in [1.29, 1.82) is 0 Å². The van der Waals surface area contributed by atoms with Crippen LogP contribution in [0.4, 0.5) is 5.69 Å². The van der Waals surface area contributed by atoms with Crippen LogP contribution in [0, 0.1) is 11.8 Å². The molecule has 10 heteroatoms.